The molecule has 1 heterocycles. The third-order valence-corrected chi connectivity index (χ3v) is 4.50. The number of carbonyl (C=O) groups excluding carboxylic acids is 1. The molecular weight excluding hydrogens is 395 g/mol. The van der Waals surface area contributed by atoms with Gasteiger partial charge in [0.15, 0.2) is 0 Å². The average molecular weight is 409 g/mol. The molecule has 3 nitrogen and oxygen atoms in total. The van der Waals surface area contributed by atoms with E-state index in [4.69, 9.17) is 0 Å². The fraction of sp³-hybridized carbons (Fsp3) is 0.417. The topological polar surface area (TPSA) is 32.3 Å². The molecule has 1 aliphatic rings. The molecule has 17 heavy (non-hydrogen) atoms. The van der Waals surface area contributed by atoms with Crippen molar-refractivity contribution in [1.29, 1.82) is 0 Å². The van der Waals surface area contributed by atoms with Crippen molar-refractivity contribution in [3.05, 3.63) is 31.8 Å². The molecule has 1 aliphatic heterocycles. The number of amides is 1. The first kappa shape index (κ1) is 13.3. The molecule has 1 N–H and O–H groups in total. The normalized spacial score (nSPS) is 19.4. The number of likely N-dealkylation sites (N-methyl/N-ethyl adjacent to an activating group) is 1. The van der Waals surface area contributed by atoms with E-state index in [0.717, 1.165) is 33.1 Å². The fourth-order valence-corrected chi connectivity index (χ4v) is 2.91. The fourth-order valence-electron chi connectivity index (χ4n) is 1.99. The maximum absolute atomic E-state index is 12.4. The highest BCUT2D eigenvalue weighted by Crippen LogP contribution is 2.21. The molecule has 92 valence electrons. The molecule has 1 aromatic rings. The second kappa shape index (κ2) is 5.67. The number of carbonyl (C=O) groups is 1. The molecule has 1 fully saturated rings. The van der Waals surface area contributed by atoms with Crippen molar-refractivity contribution >= 4 is 44.4 Å². The standard InChI is InChI=1S/C12H14BrIN2O/c1-16(9-4-5-15-7-9)12(17)10-6-8(13)2-3-11(10)14/h2-3,6,9,15H,4-5,7H2,1H3. The summed E-state index contributed by atoms with van der Waals surface area (Å²) in [6.45, 7) is 1.89. The van der Waals surface area contributed by atoms with E-state index in [1.165, 1.54) is 0 Å². The van der Waals surface area contributed by atoms with Crippen molar-refractivity contribution in [3.8, 4) is 0 Å². The predicted molar refractivity (Wildman–Crippen MR) is 80.2 cm³/mol. The molecule has 1 unspecified atom stereocenters. The Bertz CT molecular complexity index is 433. The van der Waals surface area contributed by atoms with Crippen LogP contribution in [0.5, 0.6) is 0 Å². The van der Waals surface area contributed by atoms with Crippen LogP contribution in [0.25, 0.3) is 0 Å². The predicted octanol–water partition coefficient (Wildman–Crippen LogP) is 2.49. The summed E-state index contributed by atoms with van der Waals surface area (Å²) >= 11 is 5.62. The van der Waals surface area contributed by atoms with Crippen LogP contribution in [0.3, 0.4) is 0 Å². The van der Waals surface area contributed by atoms with Crippen molar-refractivity contribution in [2.24, 2.45) is 0 Å². The van der Waals surface area contributed by atoms with E-state index < -0.39 is 0 Å². The van der Waals surface area contributed by atoms with Gasteiger partial charge in [-0.25, -0.2) is 0 Å². The smallest absolute Gasteiger partial charge is 0.255 e. The third-order valence-electron chi connectivity index (χ3n) is 3.06. The first-order valence-electron chi connectivity index (χ1n) is 5.52. The van der Waals surface area contributed by atoms with Crippen LogP contribution < -0.4 is 5.32 Å². The van der Waals surface area contributed by atoms with Crippen LogP contribution in [0.4, 0.5) is 0 Å². The third kappa shape index (κ3) is 3.00. The maximum Gasteiger partial charge on any atom is 0.255 e. The Morgan fingerprint density at radius 2 is 2.35 bits per heavy atom. The van der Waals surface area contributed by atoms with E-state index >= 15 is 0 Å². The van der Waals surface area contributed by atoms with Gasteiger partial charge in [-0.1, -0.05) is 15.9 Å². The molecule has 2 rings (SSSR count). The number of rotatable bonds is 2. The van der Waals surface area contributed by atoms with Gasteiger partial charge in [0.2, 0.25) is 0 Å². The molecule has 0 aromatic heterocycles. The number of halogens is 2. The lowest BCUT2D eigenvalue weighted by Crippen LogP contribution is -2.38. The first-order valence-corrected chi connectivity index (χ1v) is 7.39. The summed E-state index contributed by atoms with van der Waals surface area (Å²) in [7, 11) is 1.89. The van der Waals surface area contributed by atoms with Crippen LogP contribution in [0, 0.1) is 3.57 Å². The Morgan fingerprint density at radius 1 is 1.59 bits per heavy atom. The van der Waals surface area contributed by atoms with Crippen molar-refractivity contribution in [2.45, 2.75) is 12.5 Å². The Balaban J connectivity index is 2.20. The molecule has 0 radical (unpaired) electrons. The van der Waals surface area contributed by atoms with Crippen molar-refractivity contribution in [1.82, 2.24) is 10.2 Å². The van der Waals surface area contributed by atoms with E-state index in [1.54, 1.807) is 0 Å². The molecule has 0 saturated carbocycles. The van der Waals surface area contributed by atoms with Crippen molar-refractivity contribution in [3.63, 3.8) is 0 Å². The lowest BCUT2D eigenvalue weighted by molar-refractivity contribution is 0.0742. The van der Waals surface area contributed by atoms with Crippen LogP contribution >= 0.6 is 38.5 Å². The Hall–Kier alpha value is -0.140. The molecule has 1 amide bonds. The summed E-state index contributed by atoms with van der Waals surface area (Å²) in [5.41, 5.74) is 0.773. The van der Waals surface area contributed by atoms with Gasteiger partial charge >= 0.3 is 0 Å². The van der Waals surface area contributed by atoms with Gasteiger partial charge in [-0.15, -0.1) is 0 Å². The van der Waals surface area contributed by atoms with Gasteiger partial charge in [-0.3, -0.25) is 4.79 Å². The minimum atomic E-state index is 0.101. The minimum absolute atomic E-state index is 0.101. The first-order chi connectivity index (χ1) is 8.09. The van der Waals surface area contributed by atoms with Crippen LogP contribution in [0.15, 0.2) is 22.7 Å². The highest BCUT2D eigenvalue weighted by atomic mass is 127. The van der Waals surface area contributed by atoms with E-state index in [-0.39, 0.29) is 5.91 Å². The monoisotopic (exact) mass is 408 g/mol. The number of benzene rings is 1. The molecule has 0 bridgehead atoms. The van der Waals surface area contributed by atoms with Crippen LogP contribution in [-0.4, -0.2) is 37.0 Å². The second-order valence-electron chi connectivity index (χ2n) is 4.19. The Labute approximate surface area is 123 Å². The van der Waals surface area contributed by atoms with E-state index in [0.29, 0.717) is 6.04 Å². The average Bonchev–Trinajstić information content (AvgIpc) is 2.84. The largest absolute Gasteiger partial charge is 0.337 e. The number of hydrogen-bond donors (Lipinski definition) is 1. The second-order valence-corrected chi connectivity index (χ2v) is 6.26. The molecule has 0 spiro atoms. The summed E-state index contributed by atoms with van der Waals surface area (Å²) in [5.74, 6) is 0.101. The summed E-state index contributed by atoms with van der Waals surface area (Å²) in [6.07, 6.45) is 1.03. The number of nitrogens with one attached hydrogen (secondary N) is 1. The van der Waals surface area contributed by atoms with Crippen LogP contribution in [0.2, 0.25) is 0 Å². The van der Waals surface area contributed by atoms with Crippen molar-refractivity contribution < 1.29 is 4.79 Å². The Morgan fingerprint density at radius 3 is 3.00 bits per heavy atom. The zero-order valence-corrected chi connectivity index (χ0v) is 13.3. The quantitative estimate of drug-likeness (QED) is 0.762. The highest BCUT2D eigenvalue weighted by molar-refractivity contribution is 14.1. The number of nitrogens with zero attached hydrogens (tertiary/aromatic N) is 1. The molecule has 1 saturated heterocycles. The van der Waals surface area contributed by atoms with Crippen LogP contribution in [0.1, 0.15) is 16.8 Å². The molecule has 0 aliphatic carbocycles. The maximum atomic E-state index is 12.4. The summed E-state index contributed by atoms with van der Waals surface area (Å²) < 4.78 is 1.94. The molecule has 1 atom stereocenters. The lowest BCUT2D eigenvalue weighted by Gasteiger charge is -2.24. The van der Waals surface area contributed by atoms with Crippen molar-refractivity contribution in [2.75, 3.05) is 20.1 Å². The molecule has 1 aromatic carbocycles. The summed E-state index contributed by atoms with van der Waals surface area (Å²) in [6, 6.07) is 6.12. The van der Waals surface area contributed by atoms with Gasteiger partial charge < -0.3 is 10.2 Å². The van der Waals surface area contributed by atoms with Gasteiger partial charge in [-0.2, -0.15) is 0 Å². The van der Waals surface area contributed by atoms with Gasteiger partial charge in [0, 0.05) is 27.7 Å². The lowest BCUT2D eigenvalue weighted by atomic mass is 10.1. The SMILES string of the molecule is CN(C(=O)c1cc(Br)ccc1I)C1CCNC1. The zero-order chi connectivity index (χ0) is 12.4. The van der Waals surface area contributed by atoms with Gasteiger partial charge in [0.05, 0.1) is 5.56 Å². The Kier molecular flexibility index (Phi) is 4.43. The summed E-state index contributed by atoms with van der Waals surface area (Å²) in [5, 5.41) is 3.28. The van der Waals surface area contributed by atoms with Gasteiger partial charge in [0.1, 0.15) is 0 Å². The minimum Gasteiger partial charge on any atom is -0.337 e. The molecule has 5 heteroatoms. The van der Waals surface area contributed by atoms with E-state index in [9.17, 15) is 4.79 Å². The van der Waals surface area contributed by atoms with Gasteiger partial charge in [-0.05, 0) is 53.8 Å². The number of hydrogen-bond acceptors (Lipinski definition) is 2. The zero-order valence-electron chi connectivity index (χ0n) is 9.54. The van der Waals surface area contributed by atoms with E-state index in [1.807, 2.05) is 30.1 Å². The van der Waals surface area contributed by atoms with E-state index in [2.05, 4.69) is 43.8 Å². The van der Waals surface area contributed by atoms with Gasteiger partial charge in [0.25, 0.3) is 5.91 Å². The van der Waals surface area contributed by atoms with Crippen LogP contribution in [-0.2, 0) is 0 Å². The molecular formula is C12H14BrIN2O. The summed E-state index contributed by atoms with van der Waals surface area (Å²) in [4.78, 5) is 14.2. The highest BCUT2D eigenvalue weighted by Gasteiger charge is 2.25.